The first-order valence-corrected chi connectivity index (χ1v) is 9.45. The quantitative estimate of drug-likeness (QED) is 0.302. The number of carbonyl (C=O) groups excluding carboxylic acids is 1. The highest BCUT2D eigenvalue weighted by Crippen LogP contribution is 2.33. The molecule has 3 aromatic carbocycles. The maximum Gasteiger partial charge on any atom is 0.267 e. The van der Waals surface area contributed by atoms with E-state index in [-0.39, 0.29) is 5.57 Å². The fraction of sp³-hybridized carbons (Fsp3) is 0. The summed E-state index contributed by atoms with van der Waals surface area (Å²) in [7, 11) is 0. The number of hydrogen-bond acceptors (Lipinski definition) is 4. The maximum absolute atomic E-state index is 13.7. The maximum atomic E-state index is 13.7. The lowest BCUT2D eigenvalue weighted by atomic mass is 10.2. The number of para-hydroxylation sites is 1. The molecule has 2 N–H and O–H groups in total. The van der Waals surface area contributed by atoms with E-state index in [1.54, 1.807) is 18.2 Å². The van der Waals surface area contributed by atoms with Gasteiger partial charge in [0.2, 0.25) is 0 Å². The molecule has 0 fully saturated rings. The van der Waals surface area contributed by atoms with Gasteiger partial charge in [0.25, 0.3) is 5.91 Å². The van der Waals surface area contributed by atoms with Crippen molar-refractivity contribution >= 4 is 29.0 Å². The zero-order valence-corrected chi connectivity index (χ0v) is 16.1. The van der Waals surface area contributed by atoms with Gasteiger partial charge in [-0.25, -0.2) is 13.2 Å². The molecule has 0 atom stereocenters. The number of nitrogens with one attached hydrogen (secondary N) is 2. The van der Waals surface area contributed by atoms with Crippen LogP contribution >= 0.6 is 11.8 Å². The molecule has 0 spiro atoms. The second kappa shape index (κ2) is 9.67. The lowest BCUT2D eigenvalue weighted by Gasteiger charge is -2.11. The molecule has 0 bridgehead atoms. The second-order valence-corrected chi connectivity index (χ2v) is 7.02. The Bertz CT molecular complexity index is 1140. The predicted octanol–water partition coefficient (Wildman–Crippen LogP) is 5.71. The zero-order chi connectivity index (χ0) is 21.5. The normalized spacial score (nSPS) is 10.9. The average molecular weight is 425 g/mol. The molecule has 0 saturated heterocycles. The van der Waals surface area contributed by atoms with Crippen molar-refractivity contribution in [1.29, 1.82) is 5.26 Å². The van der Waals surface area contributed by atoms with Crippen molar-refractivity contribution in [2.24, 2.45) is 0 Å². The average Bonchev–Trinajstić information content (AvgIpc) is 2.76. The summed E-state index contributed by atoms with van der Waals surface area (Å²) >= 11 is 1.43. The van der Waals surface area contributed by atoms with Crippen LogP contribution in [0.3, 0.4) is 0 Å². The highest BCUT2D eigenvalue weighted by Gasteiger charge is 2.15. The summed E-state index contributed by atoms with van der Waals surface area (Å²) < 4.78 is 40.1. The molecule has 4 nitrogen and oxygen atoms in total. The van der Waals surface area contributed by atoms with Gasteiger partial charge in [-0.1, -0.05) is 42.1 Å². The van der Waals surface area contributed by atoms with Crippen molar-refractivity contribution < 1.29 is 18.0 Å². The number of nitriles is 1. The largest absolute Gasteiger partial charge is 0.358 e. The van der Waals surface area contributed by atoms with E-state index in [9.17, 15) is 23.2 Å². The first kappa shape index (κ1) is 21.0. The van der Waals surface area contributed by atoms with Crippen molar-refractivity contribution in [1.82, 2.24) is 0 Å². The minimum absolute atomic E-state index is 0.376. The van der Waals surface area contributed by atoms with Crippen molar-refractivity contribution in [3.05, 3.63) is 96.0 Å². The van der Waals surface area contributed by atoms with Crippen LogP contribution in [-0.4, -0.2) is 5.91 Å². The van der Waals surface area contributed by atoms with E-state index in [1.165, 1.54) is 11.8 Å². The number of rotatable bonds is 6. The number of benzene rings is 3. The smallest absolute Gasteiger partial charge is 0.267 e. The van der Waals surface area contributed by atoms with Gasteiger partial charge in [0.1, 0.15) is 11.6 Å². The highest BCUT2D eigenvalue weighted by molar-refractivity contribution is 7.99. The van der Waals surface area contributed by atoms with Gasteiger partial charge in [0, 0.05) is 16.0 Å². The molecule has 8 heteroatoms. The summed E-state index contributed by atoms with van der Waals surface area (Å²) in [6.45, 7) is 0. The Morgan fingerprint density at radius 3 is 2.33 bits per heavy atom. The molecule has 0 aliphatic rings. The number of nitrogens with zero attached hydrogens (tertiary/aromatic N) is 1. The van der Waals surface area contributed by atoms with Gasteiger partial charge in [-0.05, 0) is 36.4 Å². The fourth-order valence-electron chi connectivity index (χ4n) is 2.40. The summed E-state index contributed by atoms with van der Waals surface area (Å²) in [5, 5.41) is 14.2. The van der Waals surface area contributed by atoms with Crippen molar-refractivity contribution in [3.63, 3.8) is 0 Å². The van der Waals surface area contributed by atoms with Crippen molar-refractivity contribution in [2.45, 2.75) is 9.79 Å². The summed E-state index contributed by atoms with van der Waals surface area (Å²) in [4.78, 5) is 14.2. The molecule has 3 aromatic rings. The topological polar surface area (TPSA) is 64.9 Å². The summed E-state index contributed by atoms with van der Waals surface area (Å²) in [6.07, 6.45) is 0.929. The van der Waals surface area contributed by atoms with Crippen molar-refractivity contribution in [3.8, 4) is 6.07 Å². The van der Waals surface area contributed by atoms with Crippen LogP contribution in [0.4, 0.5) is 24.5 Å². The number of halogens is 3. The van der Waals surface area contributed by atoms with E-state index < -0.39 is 29.0 Å². The zero-order valence-electron chi connectivity index (χ0n) is 15.3. The van der Waals surface area contributed by atoms with Crippen LogP contribution in [0.5, 0.6) is 0 Å². The Balaban J connectivity index is 1.77. The van der Waals surface area contributed by atoms with Crippen LogP contribution in [0, 0.1) is 28.8 Å². The van der Waals surface area contributed by atoms with Gasteiger partial charge in [-0.3, -0.25) is 4.79 Å². The van der Waals surface area contributed by atoms with Gasteiger partial charge in [-0.2, -0.15) is 5.26 Å². The summed E-state index contributed by atoms with van der Waals surface area (Å²) in [5.41, 5.74) is -0.301. The Labute approximate surface area is 175 Å². The van der Waals surface area contributed by atoms with E-state index in [2.05, 4.69) is 10.6 Å². The molecule has 150 valence electrons. The van der Waals surface area contributed by atoms with E-state index >= 15 is 0 Å². The summed E-state index contributed by atoms with van der Waals surface area (Å²) in [6, 6.07) is 20.0. The fourth-order valence-corrected chi connectivity index (χ4v) is 3.32. The van der Waals surface area contributed by atoms with E-state index in [0.717, 1.165) is 28.1 Å². The monoisotopic (exact) mass is 425 g/mol. The van der Waals surface area contributed by atoms with E-state index in [4.69, 9.17) is 0 Å². The molecular weight excluding hydrogens is 411 g/mol. The van der Waals surface area contributed by atoms with Crippen LogP contribution in [-0.2, 0) is 4.79 Å². The third-order valence-electron chi connectivity index (χ3n) is 3.88. The van der Waals surface area contributed by atoms with E-state index in [1.807, 2.05) is 42.5 Å². The van der Waals surface area contributed by atoms with Gasteiger partial charge in [0.05, 0.1) is 11.4 Å². The molecule has 0 saturated carbocycles. The molecule has 0 radical (unpaired) electrons. The molecule has 0 heterocycles. The highest BCUT2D eigenvalue weighted by atomic mass is 32.2. The molecular formula is C22H14F3N3OS. The van der Waals surface area contributed by atoms with E-state index in [0.29, 0.717) is 5.69 Å². The van der Waals surface area contributed by atoms with Gasteiger partial charge < -0.3 is 10.6 Å². The Morgan fingerprint density at radius 2 is 1.60 bits per heavy atom. The second-order valence-electron chi connectivity index (χ2n) is 5.90. The Hall–Kier alpha value is -3.70. The SMILES string of the molecule is N#C/C(=C/Nc1ccc(F)c(F)c1F)C(=O)Nc1ccccc1Sc1ccccc1. The van der Waals surface area contributed by atoms with Gasteiger partial charge in [-0.15, -0.1) is 0 Å². The molecule has 1 amide bonds. The van der Waals surface area contributed by atoms with Gasteiger partial charge >= 0.3 is 0 Å². The van der Waals surface area contributed by atoms with Crippen LogP contribution < -0.4 is 10.6 Å². The first-order valence-electron chi connectivity index (χ1n) is 8.63. The Morgan fingerprint density at radius 1 is 0.900 bits per heavy atom. The summed E-state index contributed by atoms with van der Waals surface area (Å²) in [5.74, 6) is -5.18. The molecule has 30 heavy (non-hydrogen) atoms. The molecule has 0 aliphatic heterocycles. The number of carbonyl (C=O) groups is 1. The minimum atomic E-state index is -1.65. The van der Waals surface area contributed by atoms with Gasteiger partial charge in [0.15, 0.2) is 17.5 Å². The van der Waals surface area contributed by atoms with Crippen LogP contribution in [0.1, 0.15) is 0 Å². The third kappa shape index (κ3) is 5.01. The van der Waals surface area contributed by atoms with Crippen LogP contribution in [0.15, 0.2) is 88.3 Å². The molecule has 0 aliphatic carbocycles. The Kier molecular flexibility index (Phi) is 6.78. The van der Waals surface area contributed by atoms with Crippen LogP contribution in [0.25, 0.3) is 0 Å². The third-order valence-corrected chi connectivity index (χ3v) is 4.96. The number of hydrogen-bond donors (Lipinski definition) is 2. The lowest BCUT2D eigenvalue weighted by Crippen LogP contribution is -2.15. The number of amides is 1. The van der Waals surface area contributed by atoms with Crippen molar-refractivity contribution in [2.75, 3.05) is 10.6 Å². The molecule has 0 unspecified atom stereocenters. The van der Waals surface area contributed by atoms with Crippen LogP contribution in [0.2, 0.25) is 0 Å². The molecule has 0 aromatic heterocycles. The molecule has 3 rings (SSSR count). The first-order chi connectivity index (χ1) is 14.5. The predicted molar refractivity (Wildman–Crippen MR) is 109 cm³/mol. The number of anilines is 2. The standard InChI is InChI=1S/C22H14F3N3OS/c23-16-10-11-18(21(25)20(16)24)27-13-14(12-26)22(29)28-17-8-4-5-9-19(17)30-15-6-2-1-3-7-15/h1-11,13,27H,(H,28,29)/b14-13-. The lowest BCUT2D eigenvalue weighted by molar-refractivity contribution is -0.112. The minimum Gasteiger partial charge on any atom is -0.358 e.